The molecule has 1 aliphatic rings. The van der Waals surface area contributed by atoms with Gasteiger partial charge in [-0.25, -0.2) is 0 Å². The van der Waals surface area contributed by atoms with Gasteiger partial charge in [0.25, 0.3) is 0 Å². The van der Waals surface area contributed by atoms with Gasteiger partial charge in [-0.3, -0.25) is 4.79 Å². The van der Waals surface area contributed by atoms with Gasteiger partial charge in [0, 0.05) is 12.3 Å². The van der Waals surface area contributed by atoms with E-state index in [1.54, 1.807) is 0 Å². The first kappa shape index (κ1) is 11.0. The van der Waals surface area contributed by atoms with Gasteiger partial charge in [0.05, 0.1) is 6.61 Å². The van der Waals surface area contributed by atoms with Gasteiger partial charge in [-0.2, -0.15) is 0 Å². The van der Waals surface area contributed by atoms with E-state index < -0.39 is 0 Å². The number of hydrogen-bond acceptors (Lipinski definition) is 2. The lowest BCUT2D eigenvalue weighted by atomic mass is 10.0. The molecule has 2 nitrogen and oxygen atoms in total. The molecule has 1 aliphatic heterocycles. The van der Waals surface area contributed by atoms with Gasteiger partial charge in [0.1, 0.15) is 0 Å². The quantitative estimate of drug-likeness (QED) is 0.510. The molecule has 2 heteroatoms. The van der Waals surface area contributed by atoms with Crippen molar-refractivity contribution in [3.05, 3.63) is 24.8 Å². The molecule has 0 N–H and O–H groups in total. The molecule has 14 heavy (non-hydrogen) atoms. The van der Waals surface area contributed by atoms with Crippen LogP contribution < -0.4 is 0 Å². The zero-order valence-electron chi connectivity index (χ0n) is 8.58. The molecule has 1 heterocycles. The first-order valence-corrected chi connectivity index (χ1v) is 5.26. The first-order chi connectivity index (χ1) is 6.83. The Hall–Kier alpha value is -1.05. The summed E-state index contributed by atoms with van der Waals surface area (Å²) in [6.45, 7) is 4.22. The van der Waals surface area contributed by atoms with Crippen molar-refractivity contribution in [1.29, 1.82) is 0 Å². The van der Waals surface area contributed by atoms with Crippen LogP contribution in [-0.2, 0) is 9.53 Å². The molecule has 0 unspecified atom stereocenters. The van der Waals surface area contributed by atoms with E-state index in [0.29, 0.717) is 18.9 Å². The third-order valence-corrected chi connectivity index (χ3v) is 2.36. The van der Waals surface area contributed by atoms with Crippen LogP contribution in [0.1, 0.15) is 32.1 Å². The molecule has 0 aromatic carbocycles. The number of carbonyl (C=O) groups excluding carboxylic acids is 1. The van der Waals surface area contributed by atoms with Crippen molar-refractivity contribution in [3.8, 4) is 0 Å². The lowest BCUT2D eigenvalue weighted by Crippen LogP contribution is -2.11. The summed E-state index contributed by atoms with van der Waals surface area (Å²) in [5.74, 6) is 0.312. The summed E-state index contributed by atoms with van der Waals surface area (Å²) in [5.41, 5.74) is 0. The van der Waals surface area contributed by atoms with Crippen molar-refractivity contribution in [2.75, 3.05) is 6.61 Å². The van der Waals surface area contributed by atoms with E-state index in [-0.39, 0.29) is 5.97 Å². The monoisotopic (exact) mass is 194 g/mol. The highest BCUT2D eigenvalue weighted by atomic mass is 16.5. The minimum absolute atomic E-state index is 0.0581. The van der Waals surface area contributed by atoms with Crippen LogP contribution in [0.25, 0.3) is 0 Å². The van der Waals surface area contributed by atoms with Gasteiger partial charge < -0.3 is 4.74 Å². The average molecular weight is 194 g/mol. The standard InChI is InChI=1S/C12H18O2/c1-2-3-7-11-8-5-4-6-9-12(13)14-10-11/h2,5,8,11H,1,3-4,6-7,9-10H2/b8-5-/t11-/m1/s1. The van der Waals surface area contributed by atoms with Crippen LogP contribution in [0.3, 0.4) is 0 Å². The van der Waals surface area contributed by atoms with E-state index in [0.717, 1.165) is 25.7 Å². The van der Waals surface area contributed by atoms with Crippen LogP contribution in [0.15, 0.2) is 24.8 Å². The maximum Gasteiger partial charge on any atom is 0.305 e. The smallest absolute Gasteiger partial charge is 0.305 e. The summed E-state index contributed by atoms with van der Waals surface area (Å²) in [6.07, 6.45) is 10.7. The molecule has 0 amide bonds. The van der Waals surface area contributed by atoms with Crippen LogP contribution in [0.4, 0.5) is 0 Å². The fourth-order valence-electron chi connectivity index (χ4n) is 1.49. The highest BCUT2D eigenvalue weighted by Crippen LogP contribution is 2.13. The molecule has 0 aromatic rings. The Bertz CT molecular complexity index is 218. The number of rotatable bonds is 3. The number of hydrogen-bond donors (Lipinski definition) is 0. The van der Waals surface area contributed by atoms with Gasteiger partial charge in [0.2, 0.25) is 0 Å². The van der Waals surface area contributed by atoms with E-state index in [4.69, 9.17) is 4.74 Å². The largest absolute Gasteiger partial charge is 0.465 e. The Labute approximate surface area is 85.6 Å². The van der Waals surface area contributed by atoms with Gasteiger partial charge in [-0.15, -0.1) is 6.58 Å². The predicted molar refractivity (Wildman–Crippen MR) is 56.9 cm³/mol. The van der Waals surface area contributed by atoms with E-state index in [1.807, 2.05) is 6.08 Å². The minimum atomic E-state index is -0.0581. The van der Waals surface area contributed by atoms with E-state index in [9.17, 15) is 4.79 Å². The molecular weight excluding hydrogens is 176 g/mol. The highest BCUT2D eigenvalue weighted by Gasteiger charge is 2.10. The number of carbonyl (C=O) groups is 1. The zero-order valence-corrected chi connectivity index (χ0v) is 8.58. The topological polar surface area (TPSA) is 26.3 Å². The van der Waals surface area contributed by atoms with E-state index >= 15 is 0 Å². The Morgan fingerprint density at radius 3 is 3.29 bits per heavy atom. The van der Waals surface area contributed by atoms with Crippen LogP contribution in [-0.4, -0.2) is 12.6 Å². The van der Waals surface area contributed by atoms with Gasteiger partial charge >= 0.3 is 5.97 Å². The predicted octanol–water partition coefficient (Wildman–Crippen LogP) is 2.85. The van der Waals surface area contributed by atoms with Crippen LogP contribution in [0, 0.1) is 5.92 Å². The first-order valence-electron chi connectivity index (χ1n) is 5.26. The fourth-order valence-corrected chi connectivity index (χ4v) is 1.49. The second-order valence-electron chi connectivity index (χ2n) is 3.63. The third kappa shape index (κ3) is 4.26. The Morgan fingerprint density at radius 1 is 1.64 bits per heavy atom. The summed E-state index contributed by atoms with van der Waals surface area (Å²) < 4.78 is 5.15. The van der Waals surface area contributed by atoms with Crippen molar-refractivity contribution >= 4 is 5.97 Å². The number of esters is 1. The second-order valence-corrected chi connectivity index (χ2v) is 3.63. The molecule has 0 saturated carbocycles. The third-order valence-electron chi connectivity index (χ3n) is 2.36. The Kier molecular flexibility index (Phi) is 5.05. The van der Waals surface area contributed by atoms with Crippen molar-refractivity contribution in [3.63, 3.8) is 0 Å². The summed E-state index contributed by atoms with van der Waals surface area (Å²) in [6, 6.07) is 0. The van der Waals surface area contributed by atoms with Gasteiger partial charge in [0.15, 0.2) is 0 Å². The highest BCUT2D eigenvalue weighted by molar-refractivity contribution is 5.69. The number of cyclic esters (lactones) is 1. The number of allylic oxidation sites excluding steroid dienone is 2. The molecular formula is C12H18O2. The maximum atomic E-state index is 11.1. The second kappa shape index (κ2) is 6.41. The van der Waals surface area contributed by atoms with Crippen molar-refractivity contribution < 1.29 is 9.53 Å². The Morgan fingerprint density at radius 2 is 2.50 bits per heavy atom. The zero-order chi connectivity index (χ0) is 10.2. The summed E-state index contributed by atoms with van der Waals surface area (Å²) in [5, 5.41) is 0. The van der Waals surface area contributed by atoms with Crippen LogP contribution in [0.2, 0.25) is 0 Å². The lowest BCUT2D eigenvalue weighted by molar-refractivity contribution is -0.144. The molecule has 0 bridgehead atoms. The van der Waals surface area contributed by atoms with Crippen molar-refractivity contribution in [2.45, 2.75) is 32.1 Å². The minimum Gasteiger partial charge on any atom is -0.465 e. The lowest BCUT2D eigenvalue weighted by Gasteiger charge is -2.10. The molecule has 0 spiro atoms. The van der Waals surface area contributed by atoms with E-state index in [1.165, 1.54) is 0 Å². The van der Waals surface area contributed by atoms with Crippen LogP contribution in [0.5, 0.6) is 0 Å². The van der Waals surface area contributed by atoms with Crippen LogP contribution >= 0.6 is 0 Å². The molecule has 0 aliphatic carbocycles. The summed E-state index contributed by atoms with van der Waals surface area (Å²) in [4.78, 5) is 11.1. The maximum absolute atomic E-state index is 11.1. The Balaban J connectivity index is 2.41. The average Bonchev–Trinajstić information content (AvgIpc) is 2.28. The van der Waals surface area contributed by atoms with Gasteiger partial charge in [-0.1, -0.05) is 18.2 Å². The molecule has 0 fully saturated rings. The SMILES string of the molecule is C=CCC[C@@H]1/C=C\CCCC(=O)OC1. The molecule has 1 atom stereocenters. The normalized spacial score (nSPS) is 25.4. The summed E-state index contributed by atoms with van der Waals surface area (Å²) in [7, 11) is 0. The molecule has 1 rings (SSSR count). The fraction of sp³-hybridized carbons (Fsp3) is 0.583. The summed E-state index contributed by atoms with van der Waals surface area (Å²) >= 11 is 0. The molecule has 78 valence electrons. The number of ether oxygens (including phenoxy) is 1. The molecule has 0 radical (unpaired) electrons. The molecule has 0 saturated heterocycles. The van der Waals surface area contributed by atoms with Crippen molar-refractivity contribution in [1.82, 2.24) is 0 Å². The molecule has 0 aromatic heterocycles. The van der Waals surface area contributed by atoms with E-state index in [2.05, 4.69) is 18.7 Å². The van der Waals surface area contributed by atoms with Gasteiger partial charge in [-0.05, 0) is 25.7 Å². The van der Waals surface area contributed by atoms with Crippen molar-refractivity contribution in [2.24, 2.45) is 5.92 Å².